The van der Waals surface area contributed by atoms with E-state index in [4.69, 9.17) is 0 Å². The Labute approximate surface area is 158 Å². The Morgan fingerprint density at radius 2 is 1.93 bits per heavy atom. The lowest BCUT2D eigenvalue weighted by Crippen LogP contribution is -2.29. The molecule has 1 aromatic carbocycles. The van der Waals surface area contributed by atoms with E-state index in [2.05, 4.69) is 26.7 Å². The number of aromatic amines is 1. The molecule has 6 nitrogen and oxygen atoms in total. The summed E-state index contributed by atoms with van der Waals surface area (Å²) in [6.07, 6.45) is 4.16. The van der Waals surface area contributed by atoms with Gasteiger partial charge >= 0.3 is 0 Å². The van der Waals surface area contributed by atoms with E-state index in [-0.39, 0.29) is 17.5 Å². The van der Waals surface area contributed by atoms with Crippen molar-refractivity contribution in [2.24, 2.45) is 5.92 Å². The number of nitrogens with zero attached hydrogens (tertiary/aromatic N) is 1. The van der Waals surface area contributed by atoms with E-state index in [0.717, 1.165) is 16.5 Å². The fourth-order valence-electron chi connectivity index (χ4n) is 2.83. The molecule has 0 aliphatic carbocycles. The van der Waals surface area contributed by atoms with Gasteiger partial charge in [-0.15, -0.1) is 0 Å². The predicted octanol–water partition coefficient (Wildman–Crippen LogP) is 2.92. The van der Waals surface area contributed by atoms with Crippen LogP contribution in [0.4, 0.5) is 0 Å². The van der Waals surface area contributed by atoms with Gasteiger partial charge in [-0.25, -0.2) is 0 Å². The molecule has 0 unspecified atom stereocenters. The van der Waals surface area contributed by atoms with E-state index in [1.807, 2.05) is 38.2 Å². The molecule has 0 saturated carbocycles. The van der Waals surface area contributed by atoms with Gasteiger partial charge in [-0.05, 0) is 36.1 Å². The Kier molecular flexibility index (Phi) is 5.86. The Morgan fingerprint density at radius 1 is 1.11 bits per heavy atom. The SMILES string of the molecule is CC(C)CNC(=O)c1ccnc(C(=O)NCCc2c[nH]c3ccccc23)c1. The highest BCUT2D eigenvalue weighted by Gasteiger charge is 2.12. The summed E-state index contributed by atoms with van der Waals surface area (Å²) in [5, 5.41) is 6.87. The summed E-state index contributed by atoms with van der Waals surface area (Å²) in [6, 6.07) is 11.2. The molecular weight excluding hydrogens is 340 g/mol. The van der Waals surface area contributed by atoms with Crippen LogP contribution < -0.4 is 10.6 Å². The number of H-pyrrole nitrogens is 1. The fraction of sp³-hybridized carbons (Fsp3) is 0.286. The Bertz CT molecular complexity index is 946. The van der Waals surface area contributed by atoms with E-state index in [1.54, 1.807) is 6.07 Å². The minimum Gasteiger partial charge on any atom is -0.361 e. The van der Waals surface area contributed by atoms with E-state index < -0.39 is 0 Å². The van der Waals surface area contributed by atoms with Crippen molar-refractivity contribution in [1.29, 1.82) is 0 Å². The topological polar surface area (TPSA) is 86.9 Å². The minimum absolute atomic E-state index is 0.195. The molecule has 2 aromatic heterocycles. The number of benzene rings is 1. The summed E-state index contributed by atoms with van der Waals surface area (Å²) >= 11 is 0. The van der Waals surface area contributed by atoms with E-state index in [9.17, 15) is 9.59 Å². The molecule has 6 heteroatoms. The third-order valence-electron chi connectivity index (χ3n) is 4.28. The van der Waals surface area contributed by atoms with Gasteiger partial charge in [0.05, 0.1) is 0 Å². The molecule has 0 aliphatic rings. The largest absolute Gasteiger partial charge is 0.361 e. The van der Waals surface area contributed by atoms with Crippen molar-refractivity contribution in [1.82, 2.24) is 20.6 Å². The van der Waals surface area contributed by atoms with Crippen LogP contribution in [0, 0.1) is 5.92 Å². The van der Waals surface area contributed by atoms with Gasteiger partial charge in [-0.2, -0.15) is 0 Å². The van der Waals surface area contributed by atoms with Crippen molar-refractivity contribution in [2.75, 3.05) is 13.1 Å². The average molecular weight is 364 g/mol. The summed E-state index contributed by atoms with van der Waals surface area (Å²) in [7, 11) is 0. The summed E-state index contributed by atoms with van der Waals surface area (Å²) < 4.78 is 0. The van der Waals surface area contributed by atoms with Gasteiger partial charge in [-0.1, -0.05) is 32.0 Å². The highest BCUT2D eigenvalue weighted by atomic mass is 16.2. The number of para-hydroxylation sites is 1. The third-order valence-corrected chi connectivity index (χ3v) is 4.28. The van der Waals surface area contributed by atoms with Crippen LogP contribution in [0.5, 0.6) is 0 Å². The van der Waals surface area contributed by atoms with E-state index >= 15 is 0 Å². The second-order valence-corrected chi connectivity index (χ2v) is 6.90. The second kappa shape index (κ2) is 8.49. The Morgan fingerprint density at radius 3 is 2.74 bits per heavy atom. The number of nitrogens with one attached hydrogen (secondary N) is 3. The lowest BCUT2D eigenvalue weighted by atomic mass is 10.1. The molecule has 0 spiro atoms. The number of rotatable bonds is 7. The summed E-state index contributed by atoms with van der Waals surface area (Å²) in [6.45, 7) is 5.14. The first-order valence-corrected chi connectivity index (χ1v) is 9.12. The number of hydrogen-bond acceptors (Lipinski definition) is 3. The molecule has 0 saturated heterocycles. The number of aromatic nitrogens is 2. The van der Waals surface area contributed by atoms with Crippen molar-refractivity contribution >= 4 is 22.7 Å². The molecule has 2 heterocycles. The summed E-state index contributed by atoms with van der Waals surface area (Å²) in [4.78, 5) is 31.8. The molecule has 0 atom stereocenters. The van der Waals surface area contributed by atoms with Crippen LogP contribution in [0.1, 0.15) is 40.3 Å². The predicted molar refractivity (Wildman–Crippen MR) is 106 cm³/mol. The number of carbonyl (C=O) groups excluding carboxylic acids is 2. The maximum Gasteiger partial charge on any atom is 0.269 e. The number of hydrogen-bond donors (Lipinski definition) is 3. The van der Waals surface area contributed by atoms with Gasteiger partial charge in [0.15, 0.2) is 0 Å². The molecule has 2 amide bonds. The monoisotopic (exact) mass is 364 g/mol. The first-order valence-electron chi connectivity index (χ1n) is 9.12. The molecule has 0 aliphatic heterocycles. The normalized spacial score (nSPS) is 10.9. The van der Waals surface area contributed by atoms with Gasteiger partial charge in [0.25, 0.3) is 11.8 Å². The molecule has 0 bridgehead atoms. The molecule has 140 valence electrons. The van der Waals surface area contributed by atoms with Gasteiger partial charge in [0.2, 0.25) is 0 Å². The molecule has 27 heavy (non-hydrogen) atoms. The van der Waals surface area contributed by atoms with Crippen molar-refractivity contribution in [3.63, 3.8) is 0 Å². The lowest BCUT2D eigenvalue weighted by molar-refractivity contribution is 0.0949. The number of amides is 2. The van der Waals surface area contributed by atoms with Gasteiger partial charge in [-0.3, -0.25) is 14.6 Å². The third kappa shape index (κ3) is 4.73. The standard InChI is InChI=1S/C21H24N4O2/c1-14(2)12-25-20(26)15-7-9-22-19(11-15)21(27)23-10-8-16-13-24-18-6-4-3-5-17(16)18/h3-7,9,11,13-14,24H,8,10,12H2,1-2H3,(H,23,27)(H,25,26). The second-order valence-electron chi connectivity index (χ2n) is 6.90. The van der Waals surface area contributed by atoms with Crippen molar-refractivity contribution in [3.8, 4) is 0 Å². The van der Waals surface area contributed by atoms with Gasteiger partial charge < -0.3 is 15.6 Å². The molecule has 0 fully saturated rings. The first-order chi connectivity index (χ1) is 13.0. The quantitative estimate of drug-likeness (QED) is 0.602. The number of carbonyl (C=O) groups is 2. The van der Waals surface area contributed by atoms with Crippen LogP contribution in [0.2, 0.25) is 0 Å². The van der Waals surface area contributed by atoms with Crippen molar-refractivity contribution in [2.45, 2.75) is 20.3 Å². The highest BCUT2D eigenvalue weighted by molar-refractivity contribution is 5.98. The zero-order valence-corrected chi connectivity index (χ0v) is 15.6. The molecule has 3 aromatic rings. The van der Waals surface area contributed by atoms with Crippen LogP contribution in [0.25, 0.3) is 10.9 Å². The van der Waals surface area contributed by atoms with Crippen molar-refractivity contribution in [3.05, 3.63) is 65.6 Å². The Hall–Kier alpha value is -3.15. The maximum absolute atomic E-state index is 12.4. The van der Waals surface area contributed by atoms with Crippen molar-refractivity contribution < 1.29 is 9.59 Å². The molecule has 3 rings (SSSR count). The minimum atomic E-state index is -0.284. The number of fused-ring (bicyclic) bond motifs is 1. The Balaban J connectivity index is 1.58. The molecule has 0 radical (unpaired) electrons. The highest BCUT2D eigenvalue weighted by Crippen LogP contribution is 2.17. The molecular formula is C21H24N4O2. The average Bonchev–Trinajstić information content (AvgIpc) is 3.09. The maximum atomic E-state index is 12.4. The molecule has 3 N–H and O–H groups in total. The number of pyridine rings is 1. The van der Waals surface area contributed by atoms with Gasteiger partial charge in [0, 0.05) is 41.9 Å². The zero-order chi connectivity index (χ0) is 19.2. The fourth-order valence-corrected chi connectivity index (χ4v) is 2.83. The van der Waals surface area contributed by atoms with E-state index in [0.29, 0.717) is 31.0 Å². The smallest absolute Gasteiger partial charge is 0.269 e. The lowest BCUT2D eigenvalue weighted by Gasteiger charge is -2.09. The summed E-state index contributed by atoms with van der Waals surface area (Å²) in [5.74, 6) is -0.115. The first kappa shape index (κ1) is 18.6. The van der Waals surface area contributed by atoms with Crippen LogP contribution in [0.3, 0.4) is 0 Å². The van der Waals surface area contributed by atoms with Gasteiger partial charge in [0.1, 0.15) is 5.69 Å². The van der Waals surface area contributed by atoms with Crippen LogP contribution >= 0.6 is 0 Å². The zero-order valence-electron chi connectivity index (χ0n) is 15.6. The van der Waals surface area contributed by atoms with Crippen LogP contribution in [0.15, 0.2) is 48.8 Å². The van der Waals surface area contributed by atoms with Crippen LogP contribution in [-0.2, 0) is 6.42 Å². The van der Waals surface area contributed by atoms with E-state index in [1.165, 1.54) is 12.3 Å². The van der Waals surface area contributed by atoms with Crippen LogP contribution in [-0.4, -0.2) is 34.9 Å². The summed E-state index contributed by atoms with van der Waals surface area (Å²) in [5.41, 5.74) is 2.92.